The van der Waals surface area contributed by atoms with Gasteiger partial charge in [-0.2, -0.15) is 0 Å². The third kappa shape index (κ3) is 5.23. The van der Waals surface area contributed by atoms with Gasteiger partial charge in [0, 0.05) is 7.92 Å². The van der Waals surface area contributed by atoms with E-state index in [9.17, 15) is 0 Å². The molecule has 0 aromatic carbocycles. The van der Waals surface area contributed by atoms with Crippen molar-refractivity contribution in [3.63, 3.8) is 0 Å². The standard InChI is InChI=1S/C9H21P/c1-4-7-10(8-5-2)9-6-3/h4-9H2,1-3H3/p+1. The average molecular weight is 161 g/mol. The fourth-order valence-electron chi connectivity index (χ4n) is 1.44. The maximum Gasteiger partial charge on any atom is 0.0569 e. The lowest BCUT2D eigenvalue weighted by Crippen LogP contribution is -1.92. The van der Waals surface area contributed by atoms with Gasteiger partial charge in [-0.15, -0.1) is 0 Å². The molecule has 10 heavy (non-hydrogen) atoms. The van der Waals surface area contributed by atoms with Crippen molar-refractivity contribution >= 4 is 7.92 Å². The van der Waals surface area contributed by atoms with Gasteiger partial charge in [-0.25, -0.2) is 0 Å². The Kier molecular flexibility index (Phi) is 7.86. The number of hydrogen-bond acceptors (Lipinski definition) is 0. The molecule has 0 amide bonds. The van der Waals surface area contributed by atoms with E-state index < -0.39 is 0 Å². The van der Waals surface area contributed by atoms with Crippen LogP contribution in [0.3, 0.4) is 0 Å². The van der Waals surface area contributed by atoms with E-state index in [0.717, 1.165) is 0 Å². The highest BCUT2D eigenvalue weighted by molar-refractivity contribution is 7.57. The first-order valence-corrected chi connectivity index (χ1v) is 6.80. The predicted octanol–water partition coefficient (Wildman–Crippen LogP) is 3.43. The summed E-state index contributed by atoms with van der Waals surface area (Å²) >= 11 is 0. The van der Waals surface area contributed by atoms with Crippen LogP contribution in [-0.4, -0.2) is 18.5 Å². The summed E-state index contributed by atoms with van der Waals surface area (Å²) in [5.74, 6) is 0. The van der Waals surface area contributed by atoms with Crippen molar-refractivity contribution in [2.75, 3.05) is 18.5 Å². The Labute approximate surface area is 67.2 Å². The van der Waals surface area contributed by atoms with E-state index >= 15 is 0 Å². The van der Waals surface area contributed by atoms with E-state index in [1.807, 2.05) is 0 Å². The normalized spacial score (nSPS) is 10.8. The highest BCUT2D eigenvalue weighted by Crippen LogP contribution is 2.37. The van der Waals surface area contributed by atoms with Crippen LogP contribution in [0.5, 0.6) is 0 Å². The van der Waals surface area contributed by atoms with Gasteiger partial charge in [-0.1, -0.05) is 20.8 Å². The molecule has 0 rings (SSSR count). The summed E-state index contributed by atoms with van der Waals surface area (Å²) in [4.78, 5) is 0. The molecule has 0 fully saturated rings. The Bertz CT molecular complexity index is 47.5. The Morgan fingerprint density at radius 2 is 1.00 bits per heavy atom. The van der Waals surface area contributed by atoms with Crippen LogP contribution >= 0.6 is 7.92 Å². The largest absolute Gasteiger partial charge is 0.0619 e. The molecule has 0 radical (unpaired) electrons. The summed E-state index contributed by atoms with van der Waals surface area (Å²) in [5, 5.41) is 0. The van der Waals surface area contributed by atoms with E-state index in [2.05, 4.69) is 20.8 Å². The zero-order chi connectivity index (χ0) is 7.82. The molecule has 0 heterocycles. The SMILES string of the molecule is CCC[PH+](CCC)CCC. The minimum absolute atomic E-state index is 0.103. The van der Waals surface area contributed by atoms with Gasteiger partial charge in [0.25, 0.3) is 0 Å². The van der Waals surface area contributed by atoms with E-state index in [4.69, 9.17) is 0 Å². The van der Waals surface area contributed by atoms with Gasteiger partial charge in [0.1, 0.15) is 0 Å². The lowest BCUT2D eigenvalue weighted by atomic mass is 10.6. The lowest BCUT2D eigenvalue weighted by molar-refractivity contribution is 1.02. The Morgan fingerprint density at radius 3 is 1.20 bits per heavy atom. The van der Waals surface area contributed by atoms with Crippen molar-refractivity contribution < 1.29 is 0 Å². The average Bonchev–Trinajstić information content (AvgIpc) is 1.90. The first-order chi connectivity index (χ1) is 4.85. The second-order valence-corrected chi connectivity index (χ2v) is 6.00. The molecule has 0 unspecified atom stereocenters. The second kappa shape index (κ2) is 7.54. The van der Waals surface area contributed by atoms with Crippen molar-refractivity contribution in [2.24, 2.45) is 0 Å². The molecule has 0 atom stereocenters. The first kappa shape index (κ1) is 10.4. The van der Waals surface area contributed by atoms with E-state index in [1.165, 1.54) is 19.3 Å². The highest BCUT2D eigenvalue weighted by atomic mass is 31.1. The van der Waals surface area contributed by atoms with E-state index in [0.29, 0.717) is 0 Å². The molecule has 1 heteroatoms. The highest BCUT2D eigenvalue weighted by Gasteiger charge is 2.10. The fraction of sp³-hybridized carbons (Fsp3) is 1.00. The molecule has 0 saturated carbocycles. The molecule has 0 bridgehead atoms. The van der Waals surface area contributed by atoms with Crippen molar-refractivity contribution in [3.8, 4) is 0 Å². The first-order valence-electron chi connectivity index (χ1n) is 4.68. The summed E-state index contributed by atoms with van der Waals surface area (Å²) in [6, 6.07) is 0. The zero-order valence-corrected chi connectivity index (χ0v) is 8.74. The van der Waals surface area contributed by atoms with Crippen molar-refractivity contribution in [2.45, 2.75) is 40.0 Å². The summed E-state index contributed by atoms with van der Waals surface area (Å²) in [6.45, 7) is 6.95. The van der Waals surface area contributed by atoms with Crippen LogP contribution in [0.2, 0.25) is 0 Å². The second-order valence-electron chi connectivity index (χ2n) is 3.00. The van der Waals surface area contributed by atoms with Crippen molar-refractivity contribution in [3.05, 3.63) is 0 Å². The molecule has 0 nitrogen and oxygen atoms in total. The topological polar surface area (TPSA) is 0 Å². The summed E-state index contributed by atoms with van der Waals surface area (Å²) < 4.78 is 0. The van der Waals surface area contributed by atoms with Crippen LogP contribution < -0.4 is 0 Å². The van der Waals surface area contributed by atoms with Crippen LogP contribution in [0.25, 0.3) is 0 Å². The Balaban J connectivity index is 3.30. The maximum absolute atomic E-state index is 2.32. The Morgan fingerprint density at radius 1 is 0.700 bits per heavy atom. The van der Waals surface area contributed by atoms with Gasteiger partial charge in [-0.3, -0.25) is 0 Å². The fourth-order valence-corrected chi connectivity index (χ4v) is 4.31. The molecule has 0 saturated heterocycles. The molecule has 0 aliphatic heterocycles. The minimum Gasteiger partial charge on any atom is -0.0619 e. The van der Waals surface area contributed by atoms with Crippen LogP contribution in [0, 0.1) is 0 Å². The molecular weight excluding hydrogens is 139 g/mol. The van der Waals surface area contributed by atoms with E-state index in [1.54, 1.807) is 18.5 Å². The Hall–Kier alpha value is 0.430. The molecule has 0 aromatic heterocycles. The van der Waals surface area contributed by atoms with Gasteiger partial charge in [-0.05, 0) is 19.3 Å². The van der Waals surface area contributed by atoms with Crippen molar-refractivity contribution in [1.82, 2.24) is 0 Å². The summed E-state index contributed by atoms with van der Waals surface area (Å²) in [6.07, 6.45) is 8.88. The molecule has 0 spiro atoms. The zero-order valence-electron chi connectivity index (χ0n) is 7.74. The van der Waals surface area contributed by atoms with Gasteiger partial charge >= 0.3 is 0 Å². The van der Waals surface area contributed by atoms with Gasteiger partial charge in [0.15, 0.2) is 0 Å². The number of rotatable bonds is 6. The molecule has 0 aliphatic rings. The molecule has 0 aliphatic carbocycles. The quantitative estimate of drug-likeness (QED) is 0.523. The smallest absolute Gasteiger partial charge is 0.0569 e. The molecule has 0 N–H and O–H groups in total. The monoisotopic (exact) mass is 161 g/mol. The summed E-state index contributed by atoms with van der Waals surface area (Å²) in [7, 11) is 0.103. The predicted molar refractivity (Wildman–Crippen MR) is 53.8 cm³/mol. The van der Waals surface area contributed by atoms with Gasteiger partial charge < -0.3 is 0 Å². The van der Waals surface area contributed by atoms with Crippen LogP contribution in [0.4, 0.5) is 0 Å². The number of hydrogen-bond donors (Lipinski definition) is 0. The third-order valence-electron chi connectivity index (χ3n) is 1.81. The van der Waals surface area contributed by atoms with Crippen molar-refractivity contribution in [1.29, 1.82) is 0 Å². The van der Waals surface area contributed by atoms with Gasteiger partial charge in [0.2, 0.25) is 0 Å². The van der Waals surface area contributed by atoms with E-state index in [-0.39, 0.29) is 7.92 Å². The molecular formula is C9H22P+. The summed E-state index contributed by atoms with van der Waals surface area (Å²) in [5.41, 5.74) is 0. The van der Waals surface area contributed by atoms with Gasteiger partial charge in [0.05, 0.1) is 18.5 Å². The maximum atomic E-state index is 2.32. The third-order valence-corrected chi connectivity index (χ3v) is 5.43. The lowest BCUT2D eigenvalue weighted by Gasteiger charge is -2.05. The molecule has 62 valence electrons. The van der Waals surface area contributed by atoms with Crippen LogP contribution in [0.1, 0.15) is 40.0 Å². The van der Waals surface area contributed by atoms with Crippen LogP contribution in [-0.2, 0) is 0 Å². The molecule has 0 aromatic rings. The van der Waals surface area contributed by atoms with Crippen LogP contribution in [0.15, 0.2) is 0 Å². The minimum atomic E-state index is 0.103.